The van der Waals surface area contributed by atoms with Gasteiger partial charge in [-0.3, -0.25) is 9.59 Å². The number of ether oxygens (including phenoxy) is 3. The van der Waals surface area contributed by atoms with Crippen LogP contribution in [0.1, 0.15) is 52.9 Å². The molecule has 3 fully saturated rings. The molecule has 0 radical (unpaired) electrons. The second-order valence-corrected chi connectivity index (χ2v) is 7.16. The normalized spacial score (nSPS) is 40.5. The lowest BCUT2D eigenvalue weighted by Crippen LogP contribution is -2.64. The largest absolute Gasteiger partial charge is 0.465 e. The maximum absolute atomic E-state index is 12.7. The van der Waals surface area contributed by atoms with E-state index in [9.17, 15) is 9.59 Å². The molecule has 3 atom stereocenters. The van der Waals surface area contributed by atoms with Gasteiger partial charge in [-0.2, -0.15) is 0 Å². The van der Waals surface area contributed by atoms with E-state index in [-0.39, 0.29) is 23.1 Å². The first-order valence-electron chi connectivity index (χ1n) is 8.39. The molecule has 124 valence electrons. The third kappa shape index (κ3) is 1.91. The van der Waals surface area contributed by atoms with Gasteiger partial charge in [-0.05, 0) is 39.0 Å². The number of rotatable bonds is 2. The highest BCUT2D eigenvalue weighted by Gasteiger charge is 2.68. The minimum atomic E-state index is -1.08. The molecular weight excluding hydrogens is 284 g/mol. The van der Waals surface area contributed by atoms with Gasteiger partial charge in [0.2, 0.25) is 0 Å². The van der Waals surface area contributed by atoms with Crippen molar-refractivity contribution in [1.82, 2.24) is 0 Å². The van der Waals surface area contributed by atoms with Crippen LogP contribution >= 0.6 is 0 Å². The molecule has 0 bridgehead atoms. The topological polar surface area (TPSA) is 61.8 Å². The van der Waals surface area contributed by atoms with Crippen LogP contribution < -0.4 is 0 Å². The third-order valence-electron chi connectivity index (χ3n) is 6.24. The lowest BCUT2D eigenvalue weighted by Gasteiger charge is -2.58. The van der Waals surface area contributed by atoms with Crippen molar-refractivity contribution in [1.29, 1.82) is 0 Å². The first kappa shape index (κ1) is 15.9. The molecule has 1 saturated heterocycles. The van der Waals surface area contributed by atoms with Crippen LogP contribution in [-0.4, -0.2) is 37.4 Å². The number of esters is 1. The Morgan fingerprint density at radius 1 is 1.27 bits per heavy atom. The summed E-state index contributed by atoms with van der Waals surface area (Å²) < 4.78 is 17.3. The van der Waals surface area contributed by atoms with E-state index in [1.165, 1.54) is 0 Å². The highest BCUT2D eigenvalue weighted by Crippen LogP contribution is 2.62. The van der Waals surface area contributed by atoms with E-state index in [0.717, 1.165) is 19.3 Å². The smallest absolute Gasteiger partial charge is 0.319 e. The Morgan fingerprint density at radius 2 is 1.95 bits per heavy atom. The summed E-state index contributed by atoms with van der Waals surface area (Å²) in [6.07, 6.45) is 3.68. The molecule has 0 unspecified atom stereocenters. The van der Waals surface area contributed by atoms with Crippen LogP contribution in [0, 0.1) is 16.7 Å². The monoisotopic (exact) mass is 310 g/mol. The van der Waals surface area contributed by atoms with Crippen LogP contribution in [0.25, 0.3) is 0 Å². The average Bonchev–Trinajstić information content (AvgIpc) is 2.96. The second-order valence-electron chi connectivity index (χ2n) is 7.16. The van der Waals surface area contributed by atoms with Crippen LogP contribution in [0.15, 0.2) is 0 Å². The minimum Gasteiger partial charge on any atom is -0.465 e. The summed E-state index contributed by atoms with van der Waals surface area (Å²) in [6.45, 7) is 7.15. The quantitative estimate of drug-likeness (QED) is 0.579. The van der Waals surface area contributed by atoms with E-state index < -0.39 is 11.2 Å². The summed E-state index contributed by atoms with van der Waals surface area (Å²) in [5, 5.41) is 0. The zero-order valence-corrected chi connectivity index (χ0v) is 13.8. The maximum atomic E-state index is 12.7. The maximum Gasteiger partial charge on any atom is 0.319 e. The molecule has 0 aromatic heterocycles. The first-order valence-corrected chi connectivity index (χ1v) is 8.39. The van der Waals surface area contributed by atoms with E-state index in [1.807, 2.05) is 0 Å². The van der Waals surface area contributed by atoms with Gasteiger partial charge in [-0.1, -0.05) is 6.92 Å². The molecule has 1 spiro atoms. The van der Waals surface area contributed by atoms with E-state index in [4.69, 9.17) is 14.2 Å². The second kappa shape index (κ2) is 5.31. The summed E-state index contributed by atoms with van der Waals surface area (Å²) in [5.74, 6) is -1.11. The van der Waals surface area contributed by atoms with Crippen LogP contribution in [0.4, 0.5) is 0 Å². The number of carbonyl (C=O) groups is 2. The van der Waals surface area contributed by atoms with Crippen molar-refractivity contribution in [3.05, 3.63) is 0 Å². The zero-order valence-electron chi connectivity index (χ0n) is 13.8. The van der Waals surface area contributed by atoms with Gasteiger partial charge in [-0.25, -0.2) is 0 Å². The van der Waals surface area contributed by atoms with Crippen LogP contribution in [0.5, 0.6) is 0 Å². The number of Topliss-reactive ketones (excluding diaryl/α,β-unsaturated/α-hetero) is 1. The van der Waals surface area contributed by atoms with Gasteiger partial charge in [0.1, 0.15) is 11.2 Å². The minimum absolute atomic E-state index is 0.00321. The van der Waals surface area contributed by atoms with Crippen molar-refractivity contribution >= 4 is 11.8 Å². The number of fused-ring (bicyclic) bond motifs is 2. The van der Waals surface area contributed by atoms with E-state index in [2.05, 4.69) is 6.92 Å². The van der Waals surface area contributed by atoms with Crippen molar-refractivity contribution in [2.24, 2.45) is 16.7 Å². The van der Waals surface area contributed by atoms with Crippen molar-refractivity contribution in [3.8, 4) is 0 Å². The Bertz CT molecular complexity index is 481. The molecule has 5 nitrogen and oxygen atoms in total. The van der Waals surface area contributed by atoms with Crippen LogP contribution in [0.2, 0.25) is 0 Å². The fourth-order valence-electron chi connectivity index (χ4n) is 4.99. The molecule has 0 aromatic rings. The molecule has 1 heterocycles. The molecular formula is C17H26O5. The van der Waals surface area contributed by atoms with E-state index in [0.29, 0.717) is 32.7 Å². The molecule has 3 aliphatic rings. The Balaban J connectivity index is 2.02. The Labute approximate surface area is 131 Å². The van der Waals surface area contributed by atoms with Crippen molar-refractivity contribution < 1.29 is 23.8 Å². The summed E-state index contributed by atoms with van der Waals surface area (Å²) in [4.78, 5) is 25.3. The standard InChI is InChI=1S/C17H26O5/c1-4-20-14(19)16(3)12-6-5-8-17(21-10-11-22-17)15(12,2)9-7-13(16)18/h12H,4-11H2,1-3H3/t12-,15+,16+/m0/s1. The lowest BCUT2D eigenvalue weighted by atomic mass is 9.48. The number of carbonyl (C=O) groups excluding carboxylic acids is 2. The predicted octanol–water partition coefficient (Wildman–Crippen LogP) is 2.47. The van der Waals surface area contributed by atoms with Gasteiger partial charge >= 0.3 is 5.97 Å². The fraction of sp³-hybridized carbons (Fsp3) is 0.882. The Hall–Kier alpha value is -0.940. The van der Waals surface area contributed by atoms with Crippen molar-refractivity contribution in [2.45, 2.75) is 58.7 Å². The number of hydrogen-bond acceptors (Lipinski definition) is 5. The van der Waals surface area contributed by atoms with Crippen molar-refractivity contribution in [3.63, 3.8) is 0 Å². The third-order valence-corrected chi connectivity index (χ3v) is 6.24. The highest BCUT2D eigenvalue weighted by atomic mass is 16.7. The molecule has 0 N–H and O–H groups in total. The first-order chi connectivity index (χ1) is 10.4. The Kier molecular flexibility index (Phi) is 3.84. The summed E-state index contributed by atoms with van der Waals surface area (Å²) in [6, 6.07) is 0. The van der Waals surface area contributed by atoms with Crippen LogP contribution in [-0.2, 0) is 23.8 Å². The number of ketones is 1. The zero-order chi connectivity index (χ0) is 16.0. The molecule has 22 heavy (non-hydrogen) atoms. The fourth-order valence-corrected chi connectivity index (χ4v) is 4.99. The van der Waals surface area contributed by atoms with Gasteiger partial charge in [0.25, 0.3) is 0 Å². The number of hydrogen-bond donors (Lipinski definition) is 0. The molecule has 0 aromatic carbocycles. The molecule has 2 saturated carbocycles. The Morgan fingerprint density at radius 3 is 2.59 bits per heavy atom. The van der Waals surface area contributed by atoms with Gasteiger partial charge in [-0.15, -0.1) is 0 Å². The molecule has 5 heteroatoms. The predicted molar refractivity (Wildman–Crippen MR) is 79.1 cm³/mol. The molecule has 2 aliphatic carbocycles. The van der Waals surface area contributed by atoms with Gasteiger partial charge in [0.15, 0.2) is 5.79 Å². The van der Waals surface area contributed by atoms with E-state index >= 15 is 0 Å². The average molecular weight is 310 g/mol. The van der Waals surface area contributed by atoms with Gasteiger partial charge in [0.05, 0.1) is 19.8 Å². The van der Waals surface area contributed by atoms with E-state index in [1.54, 1.807) is 13.8 Å². The van der Waals surface area contributed by atoms with Crippen molar-refractivity contribution in [2.75, 3.05) is 19.8 Å². The summed E-state index contributed by atoms with van der Waals surface area (Å²) >= 11 is 0. The lowest BCUT2D eigenvalue weighted by molar-refractivity contribution is -0.285. The molecule has 0 amide bonds. The SMILES string of the molecule is CCOC(=O)[C@@]1(C)C(=O)CC[C@]2(C)[C@@H]1CCCC21OCCO1. The summed E-state index contributed by atoms with van der Waals surface area (Å²) in [7, 11) is 0. The van der Waals surface area contributed by atoms with Gasteiger partial charge in [0, 0.05) is 18.3 Å². The van der Waals surface area contributed by atoms with Gasteiger partial charge < -0.3 is 14.2 Å². The summed E-state index contributed by atoms with van der Waals surface area (Å²) in [5.41, 5.74) is -1.40. The highest BCUT2D eigenvalue weighted by molar-refractivity contribution is 6.04. The molecule has 1 aliphatic heterocycles. The van der Waals surface area contributed by atoms with Crippen LogP contribution in [0.3, 0.4) is 0 Å². The molecule has 3 rings (SSSR count).